The molecule has 2 amide bonds. The van der Waals surface area contributed by atoms with Crippen molar-refractivity contribution >= 4 is 12.0 Å². The molecule has 1 heterocycles. The molecule has 22 heavy (non-hydrogen) atoms. The second kappa shape index (κ2) is 5.94. The number of halogens is 1. The van der Waals surface area contributed by atoms with E-state index in [9.17, 15) is 14.0 Å². The predicted octanol–water partition coefficient (Wildman–Crippen LogP) is 2.62. The number of ether oxygens (including phenoxy) is 1. The summed E-state index contributed by atoms with van der Waals surface area (Å²) in [6.45, 7) is 7.46. The van der Waals surface area contributed by atoms with Gasteiger partial charge >= 0.3 is 6.09 Å². The first-order valence-electron chi connectivity index (χ1n) is 7.23. The molecule has 1 aromatic rings. The molecular formula is C16H21FN2O3. The van der Waals surface area contributed by atoms with Crippen LogP contribution in [0, 0.1) is 5.82 Å². The van der Waals surface area contributed by atoms with E-state index >= 15 is 0 Å². The molecule has 120 valence electrons. The van der Waals surface area contributed by atoms with Crippen molar-refractivity contribution in [2.45, 2.75) is 45.4 Å². The average molecular weight is 308 g/mol. The molecule has 0 saturated carbocycles. The van der Waals surface area contributed by atoms with E-state index in [1.807, 2.05) is 6.92 Å². The Morgan fingerprint density at radius 1 is 1.32 bits per heavy atom. The van der Waals surface area contributed by atoms with Gasteiger partial charge in [0, 0.05) is 12.6 Å². The smallest absolute Gasteiger partial charge is 0.411 e. The van der Waals surface area contributed by atoms with Crippen LogP contribution >= 0.6 is 0 Å². The quantitative estimate of drug-likeness (QED) is 0.867. The predicted molar refractivity (Wildman–Crippen MR) is 79.7 cm³/mol. The molecule has 1 aliphatic heterocycles. The van der Waals surface area contributed by atoms with E-state index in [0.717, 1.165) is 0 Å². The maximum absolute atomic E-state index is 13.1. The van der Waals surface area contributed by atoms with Gasteiger partial charge in [-0.15, -0.1) is 0 Å². The summed E-state index contributed by atoms with van der Waals surface area (Å²) in [5.41, 5.74) is -0.0987. The van der Waals surface area contributed by atoms with Crippen molar-refractivity contribution in [3.05, 3.63) is 35.6 Å². The molecule has 1 aromatic carbocycles. The van der Waals surface area contributed by atoms with Crippen molar-refractivity contribution in [3.63, 3.8) is 0 Å². The topological polar surface area (TPSA) is 58.6 Å². The normalized spacial score (nSPS) is 22.2. The second-order valence-corrected chi connectivity index (χ2v) is 6.50. The van der Waals surface area contributed by atoms with Crippen molar-refractivity contribution < 1.29 is 18.7 Å². The number of benzene rings is 1. The number of nitrogens with zero attached hydrogens (tertiary/aromatic N) is 1. The summed E-state index contributed by atoms with van der Waals surface area (Å²) in [6.07, 6.45) is -0.552. The van der Waals surface area contributed by atoms with Crippen molar-refractivity contribution in [3.8, 4) is 0 Å². The maximum atomic E-state index is 13.1. The van der Waals surface area contributed by atoms with Gasteiger partial charge in [0.1, 0.15) is 17.5 Å². The summed E-state index contributed by atoms with van der Waals surface area (Å²) in [4.78, 5) is 26.1. The van der Waals surface area contributed by atoms with Crippen LogP contribution in [-0.4, -0.2) is 35.1 Å². The summed E-state index contributed by atoms with van der Waals surface area (Å²) >= 11 is 0. The fraction of sp³-hybridized carbons (Fsp3) is 0.500. The van der Waals surface area contributed by atoms with Gasteiger partial charge in [-0.05, 0) is 45.4 Å². The van der Waals surface area contributed by atoms with Gasteiger partial charge in [-0.2, -0.15) is 0 Å². The average Bonchev–Trinajstić information content (AvgIpc) is 2.37. The highest BCUT2D eigenvalue weighted by Crippen LogP contribution is 2.27. The molecule has 0 unspecified atom stereocenters. The Hall–Kier alpha value is -2.11. The van der Waals surface area contributed by atoms with Gasteiger partial charge in [0.15, 0.2) is 0 Å². The number of piperazine rings is 1. The lowest BCUT2D eigenvalue weighted by Crippen LogP contribution is -2.57. The first-order valence-corrected chi connectivity index (χ1v) is 7.23. The van der Waals surface area contributed by atoms with Crippen LogP contribution in [0.5, 0.6) is 0 Å². The molecule has 2 atom stereocenters. The molecule has 2 rings (SSSR count). The van der Waals surface area contributed by atoms with Crippen LogP contribution in [0.2, 0.25) is 0 Å². The highest BCUT2D eigenvalue weighted by Gasteiger charge is 2.39. The van der Waals surface area contributed by atoms with Crippen molar-refractivity contribution in [1.29, 1.82) is 0 Å². The zero-order valence-electron chi connectivity index (χ0n) is 13.2. The summed E-state index contributed by atoms with van der Waals surface area (Å²) in [5, 5.41) is 2.81. The Bertz CT molecular complexity index is 566. The van der Waals surface area contributed by atoms with Crippen molar-refractivity contribution in [2.75, 3.05) is 6.54 Å². The summed E-state index contributed by atoms with van der Waals surface area (Å²) in [6, 6.07) is 4.57. The van der Waals surface area contributed by atoms with Crippen LogP contribution in [0.25, 0.3) is 0 Å². The number of carbonyl (C=O) groups is 2. The van der Waals surface area contributed by atoms with Crippen LogP contribution in [-0.2, 0) is 9.53 Å². The molecule has 0 aromatic heterocycles. The third-order valence-electron chi connectivity index (χ3n) is 3.23. The lowest BCUT2D eigenvalue weighted by atomic mass is 10.0. The molecule has 1 fully saturated rings. The lowest BCUT2D eigenvalue weighted by Gasteiger charge is -2.39. The molecule has 1 N–H and O–H groups in total. The van der Waals surface area contributed by atoms with Crippen LogP contribution in [0.4, 0.5) is 9.18 Å². The summed E-state index contributed by atoms with van der Waals surface area (Å²) < 4.78 is 18.5. The Labute approximate surface area is 129 Å². The largest absolute Gasteiger partial charge is 0.444 e. The first-order chi connectivity index (χ1) is 10.2. The fourth-order valence-electron chi connectivity index (χ4n) is 2.39. The van der Waals surface area contributed by atoms with Crippen LogP contribution < -0.4 is 5.32 Å². The van der Waals surface area contributed by atoms with Gasteiger partial charge in [-0.1, -0.05) is 12.1 Å². The fourth-order valence-corrected chi connectivity index (χ4v) is 2.39. The molecule has 1 aliphatic rings. The standard InChI is InChI=1S/C16H21FN2O3/c1-10-9-19(15(21)22-16(2,3)4)13(14(20)18-10)11-5-7-12(17)8-6-11/h5-8,10,13H,9H2,1-4H3,(H,18,20)/t10-,13-/m1/s1. The van der Waals surface area contributed by atoms with E-state index < -0.39 is 23.6 Å². The zero-order valence-corrected chi connectivity index (χ0v) is 13.2. The summed E-state index contributed by atoms with van der Waals surface area (Å²) in [5.74, 6) is -0.687. The van der Waals surface area contributed by atoms with Gasteiger partial charge in [0.2, 0.25) is 5.91 Å². The molecule has 0 spiro atoms. The molecule has 5 nitrogen and oxygen atoms in total. The van der Waals surface area contributed by atoms with E-state index in [1.54, 1.807) is 20.8 Å². The Morgan fingerprint density at radius 3 is 2.45 bits per heavy atom. The number of hydrogen-bond donors (Lipinski definition) is 1. The van der Waals surface area contributed by atoms with E-state index in [0.29, 0.717) is 12.1 Å². The van der Waals surface area contributed by atoms with Gasteiger partial charge in [0.05, 0.1) is 0 Å². The number of carbonyl (C=O) groups excluding carboxylic acids is 2. The first kappa shape index (κ1) is 16.3. The van der Waals surface area contributed by atoms with Gasteiger partial charge in [-0.25, -0.2) is 9.18 Å². The SMILES string of the molecule is C[C@@H]1CN(C(=O)OC(C)(C)C)[C@H](c2ccc(F)cc2)C(=O)N1. The van der Waals surface area contributed by atoms with Crippen LogP contribution in [0.3, 0.4) is 0 Å². The van der Waals surface area contributed by atoms with Gasteiger partial charge in [0.25, 0.3) is 0 Å². The highest BCUT2D eigenvalue weighted by atomic mass is 19.1. The van der Waals surface area contributed by atoms with Crippen molar-refractivity contribution in [1.82, 2.24) is 10.2 Å². The van der Waals surface area contributed by atoms with E-state index in [1.165, 1.54) is 29.2 Å². The van der Waals surface area contributed by atoms with Gasteiger partial charge in [-0.3, -0.25) is 9.69 Å². The number of rotatable bonds is 1. The second-order valence-electron chi connectivity index (χ2n) is 6.50. The number of hydrogen-bond acceptors (Lipinski definition) is 3. The monoisotopic (exact) mass is 308 g/mol. The maximum Gasteiger partial charge on any atom is 0.411 e. The van der Waals surface area contributed by atoms with Gasteiger partial charge < -0.3 is 10.1 Å². The minimum Gasteiger partial charge on any atom is -0.444 e. The van der Waals surface area contributed by atoms with Crippen molar-refractivity contribution in [2.24, 2.45) is 0 Å². The molecule has 6 heteroatoms. The number of amides is 2. The van der Waals surface area contributed by atoms with E-state index in [2.05, 4.69) is 5.32 Å². The van der Waals surface area contributed by atoms with E-state index in [-0.39, 0.29) is 11.9 Å². The minimum absolute atomic E-state index is 0.170. The van der Waals surface area contributed by atoms with E-state index in [4.69, 9.17) is 4.74 Å². The third-order valence-corrected chi connectivity index (χ3v) is 3.23. The zero-order chi connectivity index (χ0) is 16.5. The molecule has 0 aliphatic carbocycles. The Morgan fingerprint density at radius 2 is 1.91 bits per heavy atom. The summed E-state index contributed by atoms with van der Waals surface area (Å²) in [7, 11) is 0. The molecule has 0 radical (unpaired) electrons. The third kappa shape index (κ3) is 3.75. The molecule has 0 bridgehead atoms. The highest BCUT2D eigenvalue weighted by molar-refractivity contribution is 5.88. The lowest BCUT2D eigenvalue weighted by molar-refractivity contribution is -0.130. The van der Waals surface area contributed by atoms with Crippen LogP contribution in [0.1, 0.15) is 39.3 Å². The van der Waals surface area contributed by atoms with Crippen LogP contribution in [0.15, 0.2) is 24.3 Å². The minimum atomic E-state index is -0.813. The molecular weight excluding hydrogens is 287 g/mol. The Kier molecular flexibility index (Phi) is 4.39. The Balaban J connectivity index is 2.31. The number of nitrogens with one attached hydrogen (secondary N) is 1. The molecule has 1 saturated heterocycles.